The Bertz CT molecular complexity index is 717. The topological polar surface area (TPSA) is 65.8 Å². The fourth-order valence-corrected chi connectivity index (χ4v) is 2.48. The van der Waals surface area contributed by atoms with E-state index in [4.69, 9.17) is 10.2 Å². The van der Waals surface area contributed by atoms with Crippen LogP contribution in [0.2, 0.25) is 0 Å². The predicted octanol–water partition coefficient (Wildman–Crippen LogP) is 2.86. The van der Waals surface area contributed by atoms with Gasteiger partial charge in [0.2, 0.25) is 0 Å². The van der Waals surface area contributed by atoms with Crippen LogP contribution in [0.1, 0.15) is 12.5 Å². The first-order valence-corrected chi connectivity index (χ1v) is 7.55. The van der Waals surface area contributed by atoms with Crippen LogP contribution in [-0.4, -0.2) is 28.9 Å². The minimum atomic E-state index is -0.422. The average molecular weight is 299 g/mol. The van der Waals surface area contributed by atoms with Crippen LogP contribution >= 0.6 is 11.8 Å². The summed E-state index contributed by atoms with van der Waals surface area (Å²) in [6.07, 6.45) is 5.30. The lowest BCUT2D eigenvalue weighted by Crippen LogP contribution is -2.38. The summed E-state index contributed by atoms with van der Waals surface area (Å²) in [7, 11) is 0. The molecule has 0 fully saturated rings. The van der Waals surface area contributed by atoms with Gasteiger partial charge >= 0.3 is 0 Å². The highest BCUT2D eigenvalue weighted by Crippen LogP contribution is 2.24. The molecule has 2 aliphatic rings. The maximum atomic E-state index is 12.1. The zero-order chi connectivity index (χ0) is 15.0. The van der Waals surface area contributed by atoms with Gasteiger partial charge in [-0.3, -0.25) is 10.2 Å². The number of carbonyl (C=O) groups is 1. The Kier molecular flexibility index (Phi) is 3.39. The third kappa shape index (κ3) is 2.50. The van der Waals surface area contributed by atoms with Gasteiger partial charge in [0.15, 0.2) is 11.7 Å². The van der Waals surface area contributed by atoms with Crippen LogP contribution in [0.5, 0.6) is 0 Å². The van der Waals surface area contributed by atoms with Crippen LogP contribution in [0.4, 0.5) is 0 Å². The molecule has 0 spiro atoms. The van der Waals surface area contributed by atoms with E-state index in [-0.39, 0.29) is 11.4 Å². The Balaban J connectivity index is 1.94. The van der Waals surface area contributed by atoms with Gasteiger partial charge in [0, 0.05) is 11.0 Å². The molecule has 0 aromatic heterocycles. The Morgan fingerprint density at radius 1 is 1.33 bits per heavy atom. The van der Waals surface area contributed by atoms with Crippen molar-refractivity contribution in [3.63, 3.8) is 0 Å². The SMILES string of the molecule is CSc1ccc(C=C2C(=N)N3OC(C)=CC3=NC2=O)cc1. The van der Waals surface area contributed by atoms with E-state index in [9.17, 15) is 4.79 Å². The number of hydroxylamine groups is 2. The van der Waals surface area contributed by atoms with E-state index in [2.05, 4.69) is 4.99 Å². The average Bonchev–Trinajstić information content (AvgIpc) is 2.85. The minimum Gasteiger partial charge on any atom is -0.376 e. The molecular weight excluding hydrogens is 286 g/mol. The van der Waals surface area contributed by atoms with Crippen molar-refractivity contribution in [1.82, 2.24) is 5.06 Å². The summed E-state index contributed by atoms with van der Waals surface area (Å²) >= 11 is 1.65. The molecule has 1 N–H and O–H groups in total. The van der Waals surface area contributed by atoms with Crippen LogP contribution in [0.3, 0.4) is 0 Å². The summed E-state index contributed by atoms with van der Waals surface area (Å²) in [5.41, 5.74) is 1.07. The number of fused-ring (bicyclic) bond motifs is 1. The maximum absolute atomic E-state index is 12.1. The molecule has 6 heteroatoms. The van der Waals surface area contributed by atoms with Gasteiger partial charge in [-0.1, -0.05) is 12.1 Å². The second-order valence-corrected chi connectivity index (χ2v) is 5.48. The van der Waals surface area contributed by atoms with E-state index in [0.29, 0.717) is 11.6 Å². The third-order valence-corrected chi connectivity index (χ3v) is 3.85. The van der Waals surface area contributed by atoms with E-state index in [1.165, 1.54) is 5.06 Å². The van der Waals surface area contributed by atoms with Crippen molar-refractivity contribution in [1.29, 1.82) is 5.41 Å². The largest absolute Gasteiger partial charge is 0.376 e. The number of amides is 1. The third-order valence-electron chi connectivity index (χ3n) is 3.11. The van der Waals surface area contributed by atoms with E-state index in [0.717, 1.165) is 10.5 Å². The number of thioether (sulfide) groups is 1. The predicted molar refractivity (Wildman–Crippen MR) is 83.0 cm³/mol. The zero-order valence-corrected chi connectivity index (χ0v) is 12.4. The van der Waals surface area contributed by atoms with Gasteiger partial charge in [-0.05, 0) is 37.0 Å². The standard InChI is InChI=1S/C15H13N3O2S/c1-9-7-13-17-15(19)12(14(16)18(13)20-9)8-10-3-5-11(21-2)6-4-10/h3-8,16H,1-2H3. The molecule has 3 rings (SSSR count). The molecule has 0 saturated heterocycles. The monoisotopic (exact) mass is 299 g/mol. The number of benzene rings is 1. The van der Waals surface area contributed by atoms with Crippen LogP contribution in [0.15, 0.2) is 51.6 Å². The molecule has 1 amide bonds. The summed E-state index contributed by atoms with van der Waals surface area (Å²) in [6, 6.07) is 7.77. The lowest BCUT2D eigenvalue weighted by molar-refractivity contribution is -0.114. The molecular formula is C15H13N3O2S. The molecule has 2 heterocycles. The van der Waals surface area contributed by atoms with Crippen molar-refractivity contribution >= 4 is 35.4 Å². The highest BCUT2D eigenvalue weighted by atomic mass is 32.2. The van der Waals surface area contributed by atoms with Gasteiger partial charge in [-0.25, -0.2) is 0 Å². The van der Waals surface area contributed by atoms with Gasteiger partial charge in [0.1, 0.15) is 5.76 Å². The fraction of sp³-hybridized carbons (Fsp3) is 0.133. The Morgan fingerprint density at radius 2 is 2.05 bits per heavy atom. The normalized spacial score (nSPS) is 19.3. The van der Waals surface area contributed by atoms with E-state index >= 15 is 0 Å². The molecule has 0 radical (unpaired) electrons. The molecule has 1 aromatic carbocycles. The van der Waals surface area contributed by atoms with Crippen LogP contribution in [0, 0.1) is 5.41 Å². The van der Waals surface area contributed by atoms with Crippen molar-refractivity contribution in [2.75, 3.05) is 6.26 Å². The lowest BCUT2D eigenvalue weighted by Gasteiger charge is -2.22. The lowest BCUT2D eigenvalue weighted by atomic mass is 10.1. The minimum absolute atomic E-state index is 0.00652. The van der Waals surface area contributed by atoms with Crippen LogP contribution in [0.25, 0.3) is 6.08 Å². The smallest absolute Gasteiger partial charge is 0.282 e. The molecule has 0 unspecified atom stereocenters. The maximum Gasteiger partial charge on any atom is 0.282 e. The molecule has 5 nitrogen and oxygen atoms in total. The Labute approximate surface area is 126 Å². The summed E-state index contributed by atoms with van der Waals surface area (Å²) < 4.78 is 0. The molecule has 21 heavy (non-hydrogen) atoms. The van der Waals surface area contributed by atoms with Gasteiger partial charge in [-0.2, -0.15) is 4.99 Å². The highest BCUT2D eigenvalue weighted by molar-refractivity contribution is 7.98. The Hall–Kier alpha value is -2.34. The molecule has 1 aromatic rings. The Morgan fingerprint density at radius 3 is 2.71 bits per heavy atom. The van der Waals surface area contributed by atoms with Crippen molar-refractivity contribution in [2.45, 2.75) is 11.8 Å². The number of allylic oxidation sites excluding steroid dienone is 1. The first-order chi connectivity index (χ1) is 10.1. The van der Waals surface area contributed by atoms with Gasteiger partial charge in [0.25, 0.3) is 5.91 Å². The van der Waals surface area contributed by atoms with E-state index < -0.39 is 5.91 Å². The first-order valence-electron chi connectivity index (χ1n) is 6.32. The number of aliphatic imine (C=N–C) groups is 1. The number of carbonyl (C=O) groups excluding carboxylic acids is 1. The number of amidine groups is 2. The fourth-order valence-electron chi connectivity index (χ4n) is 2.07. The van der Waals surface area contributed by atoms with Crippen molar-refractivity contribution in [3.8, 4) is 0 Å². The summed E-state index contributed by atoms with van der Waals surface area (Å²) in [4.78, 5) is 22.5. The first kappa shape index (κ1) is 13.6. The van der Waals surface area contributed by atoms with Crippen LogP contribution in [-0.2, 0) is 9.63 Å². The summed E-state index contributed by atoms with van der Waals surface area (Å²) in [5.74, 6) is 0.552. The summed E-state index contributed by atoms with van der Waals surface area (Å²) in [5, 5.41) is 9.38. The number of hydrogen-bond acceptors (Lipinski definition) is 4. The molecule has 0 saturated carbocycles. The van der Waals surface area contributed by atoms with Crippen molar-refractivity contribution < 1.29 is 9.63 Å². The van der Waals surface area contributed by atoms with Gasteiger partial charge in [0.05, 0.1) is 5.57 Å². The molecule has 0 atom stereocenters. The van der Waals surface area contributed by atoms with Crippen molar-refractivity contribution in [2.24, 2.45) is 4.99 Å². The molecule has 0 aliphatic carbocycles. The zero-order valence-electron chi connectivity index (χ0n) is 11.6. The summed E-state index contributed by atoms with van der Waals surface area (Å²) in [6.45, 7) is 1.75. The quantitative estimate of drug-likeness (QED) is 0.673. The van der Waals surface area contributed by atoms with E-state index in [1.807, 2.05) is 30.5 Å². The second kappa shape index (κ2) is 5.21. The molecule has 106 valence electrons. The van der Waals surface area contributed by atoms with Crippen molar-refractivity contribution in [3.05, 3.63) is 47.2 Å². The van der Waals surface area contributed by atoms with Gasteiger partial charge < -0.3 is 4.84 Å². The molecule has 0 bridgehead atoms. The number of rotatable bonds is 2. The number of nitrogens with zero attached hydrogens (tertiary/aromatic N) is 2. The van der Waals surface area contributed by atoms with E-state index in [1.54, 1.807) is 30.8 Å². The molecule has 2 aliphatic heterocycles. The number of nitrogens with one attached hydrogen (secondary N) is 1. The van der Waals surface area contributed by atoms with Crippen LogP contribution < -0.4 is 0 Å². The highest BCUT2D eigenvalue weighted by Gasteiger charge is 2.34. The second-order valence-electron chi connectivity index (χ2n) is 4.60. The van der Waals surface area contributed by atoms with Gasteiger partial charge in [-0.15, -0.1) is 16.8 Å². The number of hydrogen-bond donors (Lipinski definition) is 1.